The van der Waals surface area contributed by atoms with E-state index in [0.29, 0.717) is 5.75 Å². The SMILES string of the molecule is Cc1ccc(-n2c(CCc3ccccc3)nnc2SCC(=O)N2CCCCC2)cc1C. The fourth-order valence-corrected chi connectivity index (χ4v) is 4.81. The Morgan fingerprint density at radius 2 is 1.71 bits per heavy atom. The normalized spacial score (nSPS) is 14.1. The number of amides is 1. The molecule has 0 radical (unpaired) electrons. The smallest absolute Gasteiger partial charge is 0.233 e. The summed E-state index contributed by atoms with van der Waals surface area (Å²) in [7, 11) is 0. The number of carbonyl (C=O) groups excluding carboxylic acids is 1. The zero-order valence-corrected chi connectivity index (χ0v) is 19.2. The zero-order chi connectivity index (χ0) is 21.6. The van der Waals surface area contributed by atoms with Crippen LogP contribution in [0.5, 0.6) is 0 Å². The Morgan fingerprint density at radius 1 is 0.935 bits per heavy atom. The molecule has 0 N–H and O–H groups in total. The summed E-state index contributed by atoms with van der Waals surface area (Å²) in [5.41, 5.74) is 4.84. The molecule has 0 bridgehead atoms. The zero-order valence-electron chi connectivity index (χ0n) is 18.4. The number of aromatic nitrogens is 3. The third kappa shape index (κ3) is 5.37. The molecule has 3 aromatic rings. The molecule has 6 heteroatoms. The van der Waals surface area contributed by atoms with E-state index in [1.807, 2.05) is 11.0 Å². The molecule has 0 unspecified atom stereocenters. The van der Waals surface area contributed by atoms with E-state index in [0.717, 1.165) is 55.4 Å². The van der Waals surface area contributed by atoms with Gasteiger partial charge in [-0.1, -0.05) is 48.2 Å². The second kappa shape index (κ2) is 10.1. The van der Waals surface area contributed by atoms with Gasteiger partial charge in [-0.15, -0.1) is 10.2 Å². The lowest BCUT2D eigenvalue weighted by Gasteiger charge is -2.26. The Bertz CT molecular complexity index is 1030. The number of hydrogen-bond donors (Lipinski definition) is 0. The predicted molar refractivity (Wildman–Crippen MR) is 126 cm³/mol. The van der Waals surface area contributed by atoms with Crippen molar-refractivity contribution in [3.63, 3.8) is 0 Å². The summed E-state index contributed by atoms with van der Waals surface area (Å²) in [6.45, 7) is 6.01. The maximum Gasteiger partial charge on any atom is 0.233 e. The minimum atomic E-state index is 0.199. The van der Waals surface area contributed by atoms with Crippen molar-refractivity contribution < 1.29 is 4.79 Å². The Hall–Kier alpha value is -2.60. The summed E-state index contributed by atoms with van der Waals surface area (Å²) in [5.74, 6) is 1.53. The Kier molecular flexibility index (Phi) is 7.07. The number of hydrogen-bond acceptors (Lipinski definition) is 4. The molecule has 1 aliphatic rings. The van der Waals surface area contributed by atoms with E-state index in [1.54, 1.807) is 0 Å². The van der Waals surface area contributed by atoms with Crippen LogP contribution in [-0.4, -0.2) is 44.4 Å². The van der Waals surface area contributed by atoms with Crippen molar-refractivity contribution in [1.29, 1.82) is 0 Å². The average molecular weight is 435 g/mol. The molecule has 4 rings (SSSR count). The fourth-order valence-electron chi connectivity index (χ4n) is 3.94. The lowest BCUT2D eigenvalue weighted by atomic mass is 10.1. The van der Waals surface area contributed by atoms with Crippen LogP contribution in [-0.2, 0) is 17.6 Å². The third-order valence-corrected chi connectivity index (χ3v) is 6.88. The molecule has 162 valence electrons. The first kappa shape index (κ1) is 21.6. The predicted octanol–water partition coefficient (Wildman–Crippen LogP) is 4.77. The molecule has 0 saturated carbocycles. The van der Waals surface area contributed by atoms with Gasteiger partial charge in [0.2, 0.25) is 5.91 Å². The standard InChI is InChI=1S/C25H30N4OS/c1-19-11-13-22(17-20(19)2)29-23(14-12-21-9-5-3-6-10-21)26-27-25(29)31-18-24(30)28-15-7-4-8-16-28/h3,5-6,9-11,13,17H,4,7-8,12,14-16,18H2,1-2H3. The van der Waals surface area contributed by atoms with Gasteiger partial charge in [0.15, 0.2) is 5.16 Å². The summed E-state index contributed by atoms with van der Waals surface area (Å²) < 4.78 is 2.13. The van der Waals surface area contributed by atoms with Crippen LogP contribution in [0, 0.1) is 13.8 Å². The maximum atomic E-state index is 12.7. The molecule has 1 fully saturated rings. The first-order chi connectivity index (χ1) is 15.1. The van der Waals surface area contributed by atoms with Gasteiger partial charge in [-0.3, -0.25) is 9.36 Å². The van der Waals surface area contributed by atoms with Gasteiger partial charge in [0, 0.05) is 25.2 Å². The van der Waals surface area contributed by atoms with Crippen LogP contribution >= 0.6 is 11.8 Å². The van der Waals surface area contributed by atoms with Crippen LogP contribution < -0.4 is 0 Å². The number of benzene rings is 2. The summed E-state index contributed by atoms with van der Waals surface area (Å²) in [4.78, 5) is 14.7. The molecule has 1 saturated heterocycles. The Morgan fingerprint density at radius 3 is 2.45 bits per heavy atom. The van der Waals surface area contributed by atoms with E-state index in [-0.39, 0.29) is 5.91 Å². The molecular formula is C25H30N4OS. The summed E-state index contributed by atoms with van der Waals surface area (Å²) in [6, 6.07) is 16.9. The first-order valence-electron chi connectivity index (χ1n) is 11.1. The second-order valence-corrected chi connectivity index (χ2v) is 9.16. The topological polar surface area (TPSA) is 51.0 Å². The molecular weight excluding hydrogens is 404 g/mol. The third-order valence-electron chi connectivity index (χ3n) is 5.96. The highest BCUT2D eigenvalue weighted by atomic mass is 32.2. The number of carbonyl (C=O) groups is 1. The molecule has 0 spiro atoms. The monoisotopic (exact) mass is 434 g/mol. The highest BCUT2D eigenvalue weighted by Gasteiger charge is 2.20. The van der Waals surface area contributed by atoms with Crippen LogP contribution in [0.25, 0.3) is 5.69 Å². The number of thioether (sulfide) groups is 1. The summed E-state index contributed by atoms with van der Waals surface area (Å²) >= 11 is 1.49. The Balaban J connectivity index is 1.55. The van der Waals surface area contributed by atoms with Crippen molar-refractivity contribution in [2.45, 2.75) is 51.1 Å². The van der Waals surface area contributed by atoms with Crippen LogP contribution in [0.4, 0.5) is 0 Å². The molecule has 2 aromatic carbocycles. The van der Waals surface area contributed by atoms with Gasteiger partial charge in [-0.05, 0) is 68.4 Å². The van der Waals surface area contributed by atoms with Crippen molar-refractivity contribution in [3.8, 4) is 5.69 Å². The van der Waals surface area contributed by atoms with Crippen molar-refractivity contribution in [2.75, 3.05) is 18.8 Å². The summed E-state index contributed by atoms with van der Waals surface area (Å²) in [6.07, 6.45) is 5.15. The van der Waals surface area contributed by atoms with Crippen molar-refractivity contribution in [2.24, 2.45) is 0 Å². The molecule has 2 heterocycles. The van der Waals surface area contributed by atoms with Gasteiger partial charge < -0.3 is 4.90 Å². The number of aryl methyl sites for hydroxylation is 4. The van der Waals surface area contributed by atoms with E-state index >= 15 is 0 Å². The van der Waals surface area contributed by atoms with Gasteiger partial charge in [0.05, 0.1) is 5.75 Å². The minimum Gasteiger partial charge on any atom is -0.342 e. The first-order valence-corrected chi connectivity index (χ1v) is 12.1. The molecule has 1 aliphatic heterocycles. The van der Waals surface area contributed by atoms with Gasteiger partial charge >= 0.3 is 0 Å². The largest absolute Gasteiger partial charge is 0.342 e. The fraction of sp³-hybridized carbons (Fsp3) is 0.400. The average Bonchev–Trinajstić information content (AvgIpc) is 3.22. The highest BCUT2D eigenvalue weighted by Crippen LogP contribution is 2.25. The van der Waals surface area contributed by atoms with Crippen molar-refractivity contribution >= 4 is 17.7 Å². The molecule has 1 aromatic heterocycles. The van der Waals surface area contributed by atoms with Gasteiger partial charge in [-0.2, -0.15) is 0 Å². The quantitative estimate of drug-likeness (QED) is 0.503. The maximum absolute atomic E-state index is 12.7. The Labute approximate surface area is 188 Å². The minimum absolute atomic E-state index is 0.199. The number of likely N-dealkylation sites (tertiary alicyclic amines) is 1. The number of rotatable bonds is 7. The van der Waals surface area contributed by atoms with Gasteiger partial charge in [0.25, 0.3) is 0 Å². The lowest BCUT2D eigenvalue weighted by molar-refractivity contribution is -0.129. The van der Waals surface area contributed by atoms with Gasteiger partial charge in [-0.25, -0.2) is 0 Å². The lowest BCUT2D eigenvalue weighted by Crippen LogP contribution is -2.36. The number of nitrogens with zero attached hydrogens (tertiary/aromatic N) is 4. The van der Waals surface area contributed by atoms with Gasteiger partial charge in [0.1, 0.15) is 5.82 Å². The van der Waals surface area contributed by atoms with E-state index in [2.05, 4.69) is 71.1 Å². The van der Waals surface area contributed by atoms with Crippen molar-refractivity contribution in [1.82, 2.24) is 19.7 Å². The van der Waals surface area contributed by atoms with E-state index in [9.17, 15) is 4.79 Å². The van der Waals surface area contributed by atoms with Crippen LogP contribution in [0.15, 0.2) is 53.7 Å². The van der Waals surface area contributed by atoms with Crippen LogP contribution in [0.1, 0.15) is 41.8 Å². The van der Waals surface area contributed by atoms with Crippen molar-refractivity contribution in [3.05, 3.63) is 71.0 Å². The number of piperidine rings is 1. The second-order valence-electron chi connectivity index (χ2n) is 8.22. The van der Waals surface area contributed by atoms with E-state index in [1.165, 1.54) is 34.9 Å². The molecule has 1 amide bonds. The molecule has 0 aliphatic carbocycles. The van der Waals surface area contributed by atoms with E-state index < -0.39 is 0 Å². The molecule has 5 nitrogen and oxygen atoms in total. The van der Waals surface area contributed by atoms with E-state index in [4.69, 9.17) is 0 Å². The summed E-state index contributed by atoms with van der Waals surface area (Å²) in [5, 5.41) is 9.79. The molecule has 0 atom stereocenters. The van der Waals surface area contributed by atoms with Crippen LogP contribution in [0.2, 0.25) is 0 Å². The van der Waals surface area contributed by atoms with Crippen LogP contribution in [0.3, 0.4) is 0 Å². The highest BCUT2D eigenvalue weighted by molar-refractivity contribution is 7.99. The molecule has 31 heavy (non-hydrogen) atoms.